The SMILES string of the molecule is Cc1cc(C)c(COc2ccc(CBr)cc2Br)c(C)c1. The van der Waals surface area contributed by atoms with Crippen molar-refractivity contribution < 1.29 is 4.74 Å². The zero-order chi connectivity index (χ0) is 14.7. The lowest BCUT2D eigenvalue weighted by Gasteiger charge is -2.14. The van der Waals surface area contributed by atoms with E-state index in [2.05, 4.69) is 76.9 Å². The van der Waals surface area contributed by atoms with Crippen LogP contribution in [0, 0.1) is 20.8 Å². The molecule has 0 aliphatic rings. The highest BCUT2D eigenvalue weighted by molar-refractivity contribution is 9.10. The van der Waals surface area contributed by atoms with Crippen LogP contribution in [0.4, 0.5) is 0 Å². The van der Waals surface area contributed by atoms with E-state index in [-0.39, 0.29) is 0 Å². The molecule has 106 valence electrons. The van der Waals surface area contributed by atoms with E-state index in [0.717, 1.165) is 15.6 Å². The fourth-order valence-electron chi connectivity index (χ4n) is 2.33. The highest BCUT2D eigenvalue weighted by Crippen LogP contribution is 2.28. The monoisotopic (exact) mass is 396 g/mol. The summed E-state index contributed by atoms with van der Waals surface area (Å²) in [7, 11) is 0. The molecule has 2 aromatic rings. The highest BCUT2D eigenvalue weighted by Gasteiger charge is 2.07. The first-order valence-corrected chi connectivity index (χ1v) is 8.46. The lowest BCUT2D eigenvalue weighted by Crippen LogP contribution is -2.02. The molecule has 0 N–H and O–H groups in total. The van der Waals surface area contributed by atoms with E-state index >= 15 is 0 Å². The number of alkyl halides is 1. The van der Waals surface area contributed by atoms with Gasteiger partial charge in [-0.3, -0.25) is 0 Å². The largest absolute Gasteiger partial charge is 0.488 e. The molecule has 0 aromatic heterocycles. The number of ether oxygens (including phenoxy) is 1. The van der Waals surface area contributed by atoms with Crippen LogP contribution >= 0.6 is 31.9 Å². The minimum absolute atomic E-state index is 0.601. The Morgan fingerprint density at radius 3 is 2.20 bits per heavy atom. The quantitative estimate of drug-likeness (QED) is 0.588. The van der Waals surface area contributed by atoms with E-state index in [9.17, 15) is 0 Å². The van der Waals surface area contributed by atoms with Crippen LogP contribution in [0.3, 0.4) is 0 Å². The summed E-state index contributed by atoms with van der Waals surface area (Å²) in [5.41, 5.74) is 6.37. The summed E-state index contributed by atoms with van der Waals surface area (Å²) in [6.07, 6.45) is 0. The molecule has 0 aliphatic carbocycles. The predicted molar refractivity (Wildman–Crippen MR) is 91.8 cm³/mol. The summed E-state index contributed by atoms with van der Waals surface area (Å²) < 4.78 is 6.96. The third-order valence-electron chi connectivity index (χ3n) is 3.36. The van der Waals surface area contributed by atoms with Gasteiger partial charge in [0.25, 0.3) is 0 Å². The number of halogens is 2. The maximum absolute atomic E-state index is 5.96. The number of hydrogen-bond donors (Lipinski definition) is 0. The molecule has 0 heterocycles. The van der Waals surface area contributed by atoms with Crippen molar-refractivity contribution in [2.75, 3.05) is 0 Å². The Bertz CT molecular complexity index is 597. The van der Waals surface area contributed by atoms with Gasteiger partial charge in [-0.1, -0.05) is 39.7 Å². The summed E-state index contributed by atoms with van der Waals surface area (Å²) in [5, 5.41) is 0.849. The molecule has 20 heavy (non-hydrogen) atoms. The number of benzene rings is 2. The fourth-order valence-corrected chi connectivity index (χ4v) is 3.22. The Kier molecular flexibility index (Phi) is 5.28. The summed E-state index contributed by atoms with van der Waals surface area (Å²) in [6.45, 7) is 7.01. The van der Waals surface area contributed by atoms with Crippen LogP contribution in [0.15, 0.2) is 34.8 Å². The van der Waals surface area contributed by atoms with Crippen LogP contribution in [0.25, 0.3) is 0 Å². The van der Waals surface area contributed by atoms with Crippen molar-refractivity contribution in [1.29, 1.82) is 0 Å². The van der Waals surface area contributed by atoms with E-state index in [0.29, 0.717) is 6.61 Å². The van der Waals surface area contributed by atoms with Crippen LogP contribution in [0.1, 0.15) is 27.8 Å². The Balaban J connectivity index is 2.17. The molecular weight excluding hydrogens is 380 g/mol. The number of rotatable bonds is 4. The van der Waals surface area contributed by atoms with E-state index in [1.54, 1.807) is 0 Å². The van der Waals surface area contributed by atoms with E-state index < -0.39 is 0 Å². The predicted octanol–water partition coefficient (Wildman–Crippen LogP) is 5.85. The van der Waals surface area contributed by atoms with Gasteiger partial charge in [0.1, 0.15) is 12.4 Å². The molecule has 2 rings (SSSR count). The normalized spacial score (nSPS) is 10.7. The van der Waals surface area contributed by atoms with Crippen molar-refractivity contribution in [3.63, 3.8) is 0 Å². The molecule has 0 bridgehead atoms. The Morgan fingerprint density at radius 1 is 1.00 bits per heavy atom. The Morgan fingerprint density at radius 2 is 1.65 bits per heavy atom. The fraction of sp³-hybridized carbons (Fsp3) is 0.294. The number of hydrogen-bond acceptors (Lipinski definition) is 1. The molecule has 2 aromatic carbocycles. The van der Waals surface area contributed by atoms with E-state index in [4.69, 9.17) is 4.74 Å². The molecule has 0 saturated heterocycles. The second kappa shape index (κ2) is 6.77. The topological polar surface area (TPSA) is 9.23 Å². The Labute approximate surface area is 137 Å². The van der Waals surface area contributed by atoms with Gasteiger partial charge in [0.2, 0.25) is 0 Å². The molecule has 0 amide bonds. The van der Waals surface area contributed by atoms with Crippen molar-refractivity contribution in [3.05, 3.63) is 62.6 Å². The standard InChI is InChI=1S/C17H18Br2O/c1-11-6-12(2)15(13(3)7-11)10-20-17-5-4-14(9-18)8-16(17)19/h4-8H,9-10H2,1-3H3. The van der Waals surface area contributed by atoms with Gasteiger partial charge in [0, 0.05) is 5.33 Å². The lowest BCUT2D eigenvalue weighted by molar-refractivity contribution is 0.302. The average Bonchev–Trinajstić information content (AvgIpc) is 2.39. The summed E-state index contributed by atoms with van der Waals surface area (Å²) in [4.78, 5) is 0. The van der Waals surface area contributed by atoms with Crippen LogP contribution in [-0.2, 0) is 11.9 Å². The van der Waals surface area contributed by atoms with Crippen LogP contribution in [-0.4, -0.2) is 0 Å². The first kappa shape index (κ1) is 15.6. The van der Waals surface area contributed by atoms with Gasteiger partial charge in [-0.2, -0.15) is 0 Å². The van der Waals surface area contributed by atoms with E-state index in [1.807, 2.05) is 6.07 Å². The minimum Gasteiger partial charge on any atom is -0.488 e. The van der Waals surface area contributed by atoms with Gasteiger partial charge in [-0.15, -0.1) is 0 Å². The minimum atomic E-state index is 0.601. The van der Waals surface area contributed by atoms with Crippen molar-refractivity contribution in [3.8, 4) is 5.75 Å². The molecule has 0 aliphatic heterocycles. The highest BCUT2D eigenvalue weighted by atomic mass is 79.9. The van der Waals surface area contributed by atoms with Crippen molar-refractivity contribution in [2.45, 2.75) is 32.7 Å². The molecule has 0 radical (unpaired) electrons. The molecule has 0 saturated carbocycles. The van der Waals surface area contributed by atoms with Gasteiger partial charge >= 0.3 is 0 Å². The summed E-state index contributed by atoms with van der Waals surface area (Å²) in [6, 6.07) is 10.6. The molecule has 0 atom stereocenters. The number of aryl methyl sites for hydroxylation is 3. The summed E-state index contributed by atoms with van der Waals surface area (Å²) >= 11 is 7.02. The molecule has 0 spiro atoms. The van der Waals surface area contributed by atoms with Gasteiger partial charge in [0.15, 0.2) is 0 Å². The van der Waals surface area contributed by atoms with Crippen LogP contribution in [0.2, 0.25) is 0 Å². The van der Waals surface area contributed by atoms with E-state index in [1.165, 1.54) is 27.8 Å². The Hall–Kier alpha value is -0.800. The first-order chi connectivity index (χ1) is 9.51. The smallest absolute Gasteiger partial charge is 0.134 e. The zero-order valence-electron chi connectivity index (χ0n) is 12.0. The molecule has 3 heteroatoms. The lowest BCUT2D eigenvalue weighted by atomic mass is 10.0. The third-order valence-corrected chi connectivity index (χ3v) is 4.63. The second-order valence-electron chi connectivity index (χ2n) is 5.06. The molecule has 1 nitrogen and oxygen atoms in total. The van der Waals surface area contributed by atoms with Gasteiger partial charge < -0.3 is 4.74 Å². The van der Waals surface area contributed by atoms with Gasteiger partial charge in [0.05, 0.1) is 4.47 Å². The average molecular weight is 398 g/mol. The molecule has 0 fully saturated rings. The maximum atomic E-state index is 5.96. The first-order valence-electron chi connectivity index (χ1n) is 6.55. The molecule has 0 unspecified atom stereocenters. The second-order valence-corrected chi connectivity index (χ2v) is 6.48. The van der Waals surface area contributed by atoms with Gasteiger partial charge in [-0.05, 0) is 71.1 Å². The van der Waals surface area contributed by atoms with Gasteiger partial charge in [-0.25, -0.2) is 0 Å². The van der Waals surface area contributed by atoms with Crippen molar-refractivity contribution in [1.82, 2.24) is 0 Å². The van der Waals surface area contributed by atoms with Crippen molar-refractivity contribution in [2.24, 2.45) is 0 Å². The van der Waals surface area contributed by atoms with Crippen LogP contribution in [0.5, 0.6) is 5.75 Å². The summed E-state index contributed by atoms with van der Waals surface area (Å²) in [5.74, 6) is 0.883. The van der Waals surface area contributed by atoms with Crippen molar-refractivity contribution >= 4 is 31.9 Å². The zero-order valence-corrected chi connectivity index (χ0v) is 15.1. The molecular formula is C17H18Br2O. The maximum Gasteiger partial charge on any atom is 0.134 e. The third kappa shape index (κ3) is 3.64. The van der Waals surface area contributed by atoms with Crippen LogP contribution < -0.4 is 4.74 Å².